The smallest absolute Gasteiger partial charge is 0.366 e. The normalized spacial score (nSPS) is 10.4. The second-order valence-corrected chi connectivity index (χ2v) is 5.77. The monoisotopic (exact) mass is 447 g/mol. The van der Waals surface area contributed by atoms with E-state index in [9.17, 15) is 18.0 Å². The molecule has 30 heavy (non-hydrogen) atoms. The van der Waals surface area contributed by atoms with E-state index >= 15 is 0 Å². The summed E-state index contributed by atoms with van der Waals surface area (Å²) >= 11 is 3.90. The van der Waals surface area contributed by atoms with Crippen LogP contribution in [0.2, 0.25) is 0 Å². The van der Waals surface area contributed by atoms with E-state index in [0.717, 1.165) is 19.4 Å². The lowest BCUT2D eigenvalue weighted by molar-refractivity contribution is -0.114. The highest BCUT2D eigenvalue weighted by molar-refractivity contribution is 7.80. The van der Waals surface area contributed by atoms with Crippen molar-refractivity contribution in [2.75, 3.05) is 5.75 Å². The van der Waals surface area contributed by atoms with E-state index in [4.69, 9.17) is 5.73 Å². The third-order valence-corrected chi connectivity index (χ3v) is 3.16. The summed E-state index contributed by atoms with van der Waals surface area (Å²) in [5.41, 5.74) is 6.75. The van der Waals surface area contributed by atoms with Crippen molar-refractivity contribution in [2.24, 2.45) is 5.73 Å². The molecular weight excluding hydrogens is 407 g/mol. The van der Waals surface area contributed by atoms with Crippen LogP contribution in [0.25, 0.3) is 0 Å². The standard InChI is InChI=1S/C9H11F3S.C5H9NO.C5H10.C3H4.C2H6/c1-7(6-13)4-3-5-8(2)9(10,11)12;1-3-4(2)5(6)7;1-4-5(2)3;1-3-2;1-2/h3-5,13H,1,6H2,2H3;3H,1-2H3,(H2,6,7);2,4H2,1,3H3;1H,2H3;1-2H3/b4-3-,8-5+;4-3+;;;. The number of rotatable bonds is 5. The Morgan fingerprint density at radius 3 is 1.73 bits per heavy atom. The Balaban J connectivity index is -0.000000103. The van der Waals surface area contributed by atoms with Gasteiger partial charge in [0, 0.05) is 16.9 Å². The van der Waals surface area contributed by atoms with Gasteiger partial charge in [-0.1, -0.05) is 57.2 Å². The van der Waals surface area contributed by atoms with Crippen LogP contribution in [-0.4, -0.2) is 17.8 Å². The SMILES string of the molecule is C#CC.C/C=C(\C)C(N)=O.C=C(/C=C\C=C(/C)C(F)(F)F)CS.C=C(C)CC.CC. The van der Waals surface area contributed by atoms with Crippen molar-refractivity contribution in [3.05, 3.63) is 59.8 Å². The molecule has 0 aliphatic heterocycles. The highest BCUT2D eigenvalue weighted by Gasteiger charge is 2.29. The van der Waals surface area contributed by atoms with E-state index in [2.05, 4.69) is 45.1 Å². The lowest BCUT2D eigenvalue weighted by Crippen LogP contribution is -2.10. The van der Waals surface area contributed by atoms with Gasteiger partial charge >= 0.3 is 6.18 Å². The van der Waals surface area contributed by atoms with E-state index in [-0.39, 0.29) is 5.91 Å². The van der Waals surface area contributed by atoms with Gasteiger partial charge in [0.25, 0.3) is 0 Å². The molecule has 174 valence electrons. The molecule has 0 radical (unpaired) electrons. The van der Waals surface area contributed by atoms with Crippen LogP contribution in [-0.2, 0) is 4.79 Å². The Morgan fingerprint density at radius 1 is 1.20 bits per heavy atom. The van der Waals surface area contributed by atoms with Gasteiger partial charge in [-0.25, -0.2) is 0 Å². The van der Waals surface area contributed by atoms with E-state index in [0.29, 0.717) is 16.9 Å². The maximum atomic E-state index is 11.9. The molecule has 0 fully saturated rings. The quantitative estimate of drug-likeness (QED) is 0.147. The zero-order valence-corrected chi connectivity index (χ0v) is 20.7. The Morgan fingerprint density at radius 2 is 1.57 bits per heavy atom. The molecule has 0 saturated carbocycles. The largest absolute Gasteiger partial charge is 0.412 e. The zero-order valence-electron chi connectivity index (χ0n) is 19.8. The van der Waals surface area contributed by atoms with Gasteiger partial charge in [-0.2, -0.15) is 25.8 Å². The number of hydrogen-bond donors (Lipinski definition) is 2. The third kappa shape index (κ3) is 40.5. The van der Waals surface area contributed by atoms with Crippen LogP contribution in [0.4, 0.5) is 13.2 Å². The van der Waals surface area contributed by atoms with Crippen LogP contribution in [0.1, 0.15) is 61.8 Å². The van der Waals surface area contributed by atoms with Crippen LogP contribution in [0.5, 0.6) is 0 Å². The Bertz CT molecular complexity index is 593. The average molecular weight is 448 g/mol. The molecule has 0 rings (SSSR count). The molecule has 0 aromatic carbocycles. The van der Waals surface area contributed by atoms with Crippen molar-refractivity contribution in [1.82, 2.24) is 0 Å². The molecule has 0 heterocycles. The summed E-state index contributed by atoms with van der Waals surface area (Å²) in [6, 6.07) is 0. The number of primary amides is 1. The minimum Gasteiger partial charge on any atom is -0.366 e. The molecule has 0 atom stereocenters. The van der Waals surface area contributed by atoms with Gasteiger partial charge < -0.3 is 5.73 Å². The van der Waals surface area contributed by atoms with E-state index < -0.39 is 11.7 Å². The van der Waals surface area contributed by atoms with Crippen LogP contribution in [0.15, 0.2) is 59.8 Å². The predicted octanol–water partition coefficient (Wildman–Crippen LogP) is 7.61. The van der Waals surface area contributed by atoms with Gasteiger partial charge in [0.15, 0.2) is 0 Å². The summed E-state index contributed by atoms with van der Waals surface area (Å²) in [4.78, 5) is 10.1. The third-order valence-electron chi connectivity index (χ3n) is 2.75. The molecule has 6 heteroatoms. The summed E-state index contributed by atoms with van der Waals surface area (Å²) in [6.45, 7) is 21.5. The maximum Gasteiger partial charge on any atom is 0.412 e. The van der Waals surface area contributed by atoms with E-state index in [1.165, 1.54) is 17.7 Å². The Kier molecular flexibility index (Phi) is 34.5. The number of hydrogen-bond acceptors (Lipinski definition) is 2. The van der Waals surface area contributed by atoms with Crippen LogP contribution >= 0.6 is 12.6 Å². The summed E-state index contributed by atoms with van der Waals surface area (Å²) in [6.07, 6.45) is 6.98. The fourth-order valence-electron chi connectivity index (χ4n) is 0.618. The zero-order chi connectivity index (χ0) is 25.3. The molecule has 0 spiro atoms. The molecule has 0 aromatic heterocycles. The number of nitrogens with two attached hydrogens (primary N) is 1. The minimum atomic E-state index is -4.24. The number of halogens is 3. The highest BCUT2D eigenvalue weighted by Crippen LogP contribution is 2.24. The van der Waals surface area contributed by atoms with Gasteiger partial charge in [0.05, 0.1) is 0 Å². The van der Waals surface area contributed by atoms with Crippen molar-refractivity contribution in [1.29, 1.82) is 0 Å². The van der Waals surface area contributed by atoms with Gasteiger partial charge in [0.2, 0.25) is 5.91 Å². The number of carbonyl (C=O) groups is 1. The number of terminal acetylenes is 1. The molecule has 0 aliphatic carbocycles. The van der Waals surface area contributed by atoms with Crippen molar-refractivity contribution in [2.45, 2.75) is 68.0 Å². The lowest BCUT2D eigenvalue weighted by Gasteiger charge is -2.03. The Labute approximate surface area is 188 Å². The molecule has 0 bridgehead atoms. The van der Waals surface area contributed by atoms with Crippen molar-refractivity contribution >= 4 is 18.5 Å². The van der Waals surface area contributed by atoms with Gasteiger partial charge in [-0.3, -0.25) is 4.79 Å². The summed E-state index contributed by atoms with van der Waals surface area (Å²) < 4.78 is 35.7. The van der Waals surface area contributed by atoms with Gasteiger partial charge in [-0.15, -0.1) is 18.9 Å². The minimum absolute atomic E-state index is 0.345. The summed E-state index contributed by atoms with van der Waals surface area (Å²) in [7, 11) is 0. The molecule has 2 nitrogen and oxygen atoms in total. The van der Waals surface area contributed by atoms with E-state index in [1.54, 1.807) is 26.8 Å². The summed E-state index contributed by atoms with van der Waals surface area (Å²) in [5, 5.41) is 0. The van der Waals surface area contributed by atoms with Crippen LogP contribution in [0, 0.1) is 12.3 Å². The van der Waals surface area contributed by atoms with E-state index in [1.807, 2.05) is 20.8 Å². The van der Waals surface area contributed by atoms with Crippen molar-refractivity contribution < 1.29 is 18.0 Å². The van der Waals surface area contributed by atoms with Gasteiger partial charge in [0.1, 0.15) is 0 Å². The number of allylic oxidation sites excluding steroid dienone is 6. The van der Waals surface area contributed by atoms with Gasteiger partial charge in [-0.05, 0) is 46.6 Å². The first-order chi connectivity index (χ1) is 13.7. The molecule has 1 amide bonds. The number of carbonyl (C=O) groups excluding carboxylic acids is 1. The second kappa shape index (κ2) is 26.9. The van der Waals surface area contributed by atoms with Crippen molar-refractivity contribution in [3.8, 4) is 12.3 Å². The molecule has 0 unspecified atom stereocenters. The molecule has 0 saturated heterocycles. The Hall–Kier alpha value is -2.13. The maximum absolute atomic E-state index is 11.9. The number of thiol groups is 1. The number of amides is 1. The molecule has 0 aromatic rings. The second-order valence-electron chi connectivity index (χ2n) is 5.46. The lowest BCUT2D eigenvalue weighted by atomic mass is 10.2. The average Bonchev–Trinajstić information content (AvgIpc) is 2.69. The molecular formula is C24H40F3NOS. The fraction of sp³-hybridized carbons (Fsp3) is 0.458. The summed E-state index contributed by atoms with van der Waals surface area (Å²) in [5.74, 6) is 2.34. The van der Waals surface area contributed by atoms with Crippen molar-refractivity contribution in [3.63, 3.8) is 0 Å². The van der Waals surface area contributed by atoms with Crippen LogP contribution < -0.4 is 5.73 Å². The first kappa shape index (κ1) is 38.5. The molecule has 0 aliphatic rings. The predicted molar refractivity (Wildman–Crippen MR) is 132 cm³/mol. The first-order valence-electron chi connectivity index (χ1n) is 9.40. The number of alkyl halides is 3. The fourth-order valence-corrected chi connectivity index (χ4v) is 0.723. The molecule has 2 N–H and O–H groups in total. The van der Waals surface area contributed by atoms with Crippen LogP contribution in [0.3, 0.4) is 0 Å². The topological polar surface area (TPSA) is 43.1 Å². The highest BCUT2D eigenvalue weighted by atomic mass is 32.1. The first-order valence-corrected chi connectivity index (χ1v) is 10.0.